The Hall–Kier alpha value is -13.5. The van der Waals surface area contributed by atoms with E-state index in [-0.39, 0.29) is 42.4 Å². The van der Waals surface area contributed by atoms with E-state index in [1.54, 1.807) is 246 Å². The Kier molecular flexibility index (Phi) is 31.3. The molecule has 0 saturated carbocycles. The Morgan fingerprint density at radius 2 is 0.317 bits per heavy atom. The number of Topliss-reactive ketones (excluding diaryl/α,β-unsaturated/α-hetero) is 4. The Morgan fingerprint density at radius 1 is 0.192 bits per heavy atom. The van der Waals surface area contributed by atoms with E-state index < -0.39 is 63.2 Å². The van der Waals surface area contributed by atoms with Crippen LogP contribution in [0.4, 0.5) is 0 Å². The molecule has 0 bridgehead atoms. The number of rotatable bonds is 28. The van der Waals surface area contributed by atoms with Gasteiger partial charge in [0.25, 0.3) is 40.1 Å². The Balaban J connectivity index is 0.000000182. The molecular formula is C96H96N8O12S4. The summed E-state index contributed by atoms with van der Waals surface area (Å²) in [5.41, 5.74) is 10.2. The number of benzene rings is 12. The van der Waals surface area contributed by atoms with Crippen molar-refractivity contribution < 1.29 is 52.8 Å². The second-order valence-electron chi connectivity index (χ2n) is 28.4. The van der Waals surface area contributed by atoms with Gasteiger partial charge in [-0.2, -0.15) is 0 Å². The molecule has 4 N–H and O–H groups in total. The standard InChI is InChI=1S/4C24H24N2O3S/c4*1-18-14-16-21(17-15-18)30(28,29)25-22(24(27)20-12-8-5-9-13-20)23(26(2)3)19-10-6-4-7-11-19/h4*4-17,25H,1-3H3/b4*23-22-. The van der Waals surface area contributed by atoms with Crippen LogP contribution in [0.25, 0.3) is 22.8 Å². The topological polar surface area (TPSA) is 266 Å². The van der Waals surface area contributed by atoms with Crippen molar-refractivity contribution >= 4 is 86.0 Å². The van der Waals surface area contributed by atoms with Gasteiger partial charge in [0.1, 0.15) is 22.8 Å². The molecule has 24 heteroatoms. The quantitative estimate of drug-likeness (QED) is 0.0262. The molecule has 12 aromatic rings. The molecular weight excluding hydrogens is 1590 g/mol. The fourth-order valence-corrected chi connectivity index (χ4v) is 16.6. The van der Waals surface area contributed by atoms with E-state index >= 15 is 0 Å². The van der Waals surface area contributed by atoms with Crippen molar-refractivity contribution in [1.29, 1.82) is 0 Å². The highest BCUT2D eigenvalue weighted by Crippen LogP contribution is 2.31. The monoisotopic (exact) mass is 1680 g/mol. The normalized spacial score (nSPS) is 12.1. The highest BCUT2D eigenvalue weighted by Gasteiger charge is 2.31. The molecule has 20 nitrogen and oxygen atoms in total. The highest BCUT2D eigenvalue weighted by atomic mass is 32.2. The molecule has 0 spiro atoms. The third-order valence-electron chi connectivity index (χ3n) is 18.2. The average Bonchev–Trinajstić information content (AvgIpc) is 0.804. The SMILES string of the molecule is Cc1ccc(S(=O)(=O)N/C(C(=O)c2ccccc2)=C(/c2ccccc2)N(C)C)cc1.Cc1ccc(S(=O)(=O)N/C(C(=O)c2ccccc2)=C(/c2ccccc2)N(C)C)cc1.Cc1ccc(S(=O)(=O)N/C(C(=O)c2ccccc2)=C(/c2ccccc2)N(C)C)cc1.Cc1ccc(S(=O)(=O)N/C(C(=O)c2ccccc2)=C(/c2ccccc2)N(C)C)cc1. The van der Waals surface area contributed by atoms with Gasteiger partial charge in [0.15, 0.2) is 0 Å². The zero-order chi connectivity index (χ0) is 86.9. The molecule has 0 aliphatic heterocycles. The molecule has 0 aliphatic carbocycles. The molecule has 120 heavy (non-hydrogen) atoms. The summed E-state index contributed by atoms with van der Waals surface area (Å²) in [6, 6.07) is 97.5. The number of nitrogens with zero attached hydrogens (tertiary/aromatic N) is 4. The van der Waals surface area contributed by atoms with Crippen LogP contribution in [0, 0.1) is 27.7 Å². The minimum Gasteiger partial charge on any atom is -0.375 e. The van der Waals surface area contributed by atoms with Crippen LogP contribution < -0.4 is 18.9 Å². The molecule has 0 atom stereocenters. The molecule has 0 aromatic heterocycles. The van der Waals surface area contributed by atoms with E-state index in [4.69, 9.17) is 0 Å². The molecule has 0 amide bonds. The van der Waals surface area contributed by atoms with E-state index in [2.05, 4.69) is 18.9 Å². The van der Waals surface area contributed by atoms with Crippen LogP contribution in [0.3, 0.4) is 0 Å². The van der Waals surface area contributed by atoms with Crippen LogP contribution in [-0.4, -0.2) is 133 Å². The summed E-state index contributed by atoms with van der Waals surface area (Å²) in [4.78, 5) is 61.0. The van der Waals surface area contributed by atoms with Gasteiger partial charge >= 0.3 is 0 Å². The Labute approximate surface area is 705 Å². The third kappa shape index (κ3) is 24.3. The Bertz CT molecular complexity index is 5370. The van der Waals surface area contributed by atoms with Crippen molar-refractivity contribution in [3.8, 4) is 0 Å². The molecule has 0 saturated heterocycles. The second kappa shape index (κ2) is 41.5. The maximum Gasteiger partial charge on any atom is 0.262 e. The van der Waals surface area contributed by atoms with Crippen molar-refractivity contribution in [2.24, 2.45) is 0 Å². The lowest BCUT2D eigenvalue weighted by Crippen LogP contribution is -2.31. The number of carbonyl (C=O) groups is 4. The minimum absolute atomic E-state index is 0.00187. The summed E-state index contributed by atoms with van der Waals surface area (Å²) in [6.07, 6.45) is 0. The van der Waals surface area contributed by atoms with Gasteiger partial charge in [0.2, 0.25) is 23.1 Å². The van der Waals surface area contributed by atoms with Crippen LogP contribution in [0.5, 0.6) is 0 Å². The second-order valence-corrected chi connectivity index (χ2v) is 35.1. The summed E-state index contributed by atoms with van der Waals surface area (Å²) in [5, 5.41) is 0. The number of allylic oxidation sites excluding steroid dienone is 4. The average molecular weight is 1680 g/mol. The van der Waals surface area contributed by atoms with E-state index in [9.17, 15) is 52.8 Å². The first-order chi connectivity index (χ1) is 57.2. The van der Waals surface area contributed by atoms with Crippen molar-refractivity contribution in [3.63, 3.8) is 0 Å². The summed E-state index contributed by atoms with van der Waals surface area (Å²) in [6.45, 7) is 7.53. The molecule has 12 aromatic carbocycles. The van der Waals surface area contributed by atoms with Gasteiger partial charge in [-0.1, -0.05) is 313 Å². The third-order valence-corrected chi connectivity index (χ3v) is 23.7. The predicted octanol–water partition coefficient (Wildman–Crippen LogP) is 16.3. The molecule has 616 valence electrons. The maximum atomic E-state index is 13.4. The van der Waals surface area contributed by atoms with E-state index in [0.29, 0.717) is 45.0 Å². The van der Waals surface area contributed by atoms with E-state index in [1.807, 2.05) is 149 Å². The van der Waals surface area contributed by atoms with Gasteiger partial charge in [-0.25, -0.2) is 33.7 Å². The lowest BCUT2D eigenvalue weighted by Gasteiger charge is -2.23. The fraction of sp³-hybridized carbons (Fsp3) is 0.125. The summed E-state index contributed by atoms with van der Waals surface area (Å²) < 4.78 is 115. The number of carbonyl (C=O) groups excluding carboxylic acids is 4. The van der Waals surface area contributed by atoms with Crippen LogP contribution >= 0.6 is 0 Å². The van der Waals surface area contributed by atoms with Crippen molar-refractivity contribution in [1.82, 2.24) is 38.5 Å². The number of sulfonamides is 4. The van der Waals surface area contributed by atoms with Gasteiger partial charge in [0.05, 0.1) is 42.4 Å². The van der Waals surface area contributed by atoms with Gasteiger partial charge in [-0.15, -0.1) is 0 Å². The van der Waals surface area contributed by atoms with Crippen molar-refractivity contribution in [3.05, 3.63) is 429 Å². The van der Waals surface area contributed by atoms with Crippen LogP contribution in [0.1, 0.15) is 85.9 Å². The van der Waals surface area contributed by atoms with Crippen LogP contribution in [0.2, 0.25) is 0 Å². The zero-order valence-corrected chi connectivity index (χ0v) is 71.9. The largest absolute Gasteiger partial charge is 0.375 e. The molecule has 0 unspecified atom stereocenters. The number of hydrogen-bond acceptors (Lipinski definition) is 16. The van der Waals surface area contributed by atoms with Crippen molar-refractivity contribution in [2.75, 3.05) is 56.4 Å². The summed E-state index contributed by atoms with van der Waals surface area (Å²) in [5.74, 6) is -1.62. The van der Waals surface area contributed by atoms with Gasteiger partial charge in [-0.05, 0) is 76.2 Å². The Morgan fingerprint density at radius 3 is 0.442 bits per heavy atom. The molecule has 0 radical (unpaired) electrons. The highest BCUT2D eigenvalue weighted by molar-refractivity contribution is 7.90. The number of hydrogen-bond donors (Lipinski definition) is 4. The van der Waals surface area contributed by atoms with E-state index in [1.165, 1.54) is 48.5 Å². The van der Waals surface area contributed by atoms with Crippen LogP contribution in [-0.2, 0) is 40.1 Å². The number of aryl methyl sites for hydroxylation is 4. The predicted molar refractivity (Wildman–Crippen MR) is 477 cm³/mol. The van der Waals surface area contributed by atoms with Crippen LogP contribution in [0.15, 0.2) is 382 Å². The summed E-state index contributed by atoms with van der Waals surface area (Å²) in [7, 11) is -1.66. The minimum atomic E-state index is -3.97. The zero-order valence-electron chi connectivity index (χ0n) is 68.7. The molecule has 0 fully saturated rings. The fourth-order valence-electron chi connectivity index (χ4n) is 12.3. The molecule has 0 aliphatic rings. The maximum absolute atomic E-state index is 13.4. The van der Waals surface area contributed by atoms with Gasteiger partial charge in [0, 0.05) is 101 Å². The van der Waals surface area contributed by atoms with Crippen molar-refractivity contribution in [2.45, 2.75) is 47.3 Å². The molecule has 12 rings (SSSR count). The number of ketones is 4. The first-order valence-corrected chi connectivity index (χ1v) is 43.8. The first kappa shape index (κ1) is 90.4. The van der Waals surface area contributed by atoms with E-state index in [0.717, 1.165) is 44.5 Å². The first-order valence-electron chi connectivity index (χ1n) is 37.8. The number of nitrogens with one attached hydrogen (secondary N) is 4. The lowest BCUT2D eigenvalue weighted by molar-refractivity contribution is 0.102. The lowest BCUT2D eigenvalue weighted by atomic mass is 10.0. The van der Waals surface area contributed by atoms with Gasteiger partial charge < -0.3 is 19.6 Å². The van der Waals surface area contributed by atoms with Gasteiger partial charge in [-0.3, -0.25) is 38.1 Å². The smallest absolute Gasteiger partial charge is 0.262 e. The summed E-state index contributed by atoms with van der Waals surface area (Å²) >= 11 is 0. The molecule has 0 heterocycles.